The molecule has 0 aromatic heterocycles. The second-order valence-electron chi connectivity index (χ2n) is 8.51. The van der Waals surface area contributed by atoms with E-state index in [1.165, 1.54) is 5.56 Å². The Labute approximate surface area is 209 Å². The van der Waals surface area contributed by atoms with Gasteiger partial charge in [-0.15, -0.1) is 12.4 Å². The lowest BCUT2D eigenvalue weighted by Gasteiger charge is -2.36. The average molecular weight is 496 g/mol. The summed E-state index contributed by atoms with van der Waals surface area (Å²) in [5.41, 5.74) is 3.18. The second kappa shape index (κ2) is 9.88. The van der Waals surface area contributed by atoms with Crippen LogP contribution in [0, 0.1) is 0 Å². The Balaban J connectivity index is 0.00000241. The molecule has 3 aliphatic rings. The molecule has 176 valence electrons. The van der Waals surface area contributed by atoms with Crippen molar-refractivity contribution in [1.82, 2.24) is 9.80 Å². The number of ether oxygens (including phenoxy) is 2. The molecule has 3 aliphatic heterocycles. The molecule has 3 aromatic carbocycles. The van der Waals surface area contributed by atoms with Gasteiger partial charge in [0.2, 0.25) is 12.7 Å². The molecule has 0 unspecified atom stereocenters. The third-order valence-electron chi connectivity index (χ3n) is 6.35. The zero-order valence-electron chi connectivity index (χ0n) is 18.7. The molecule has 1 amide bonds. The highest BCUT2D eigenvalue weighted by atomic mass is 35.5. The van der Waals surface area contributed by atoms with Crippen LogP contribution in [0.3, 0.4) is 0 Å². The predicted octanol–water partition coefficient (Wildman–Crippen LogP) is 4.78. The number of rotatable bonds is 4. The van der Waals surface area contributed by atoms with Gasteiger partial charge in [-0.05, 0) is 42.0 Å². The van der Waals surface area contributed by atoms with Crippen molar-refractivity contribution in [2.45, 2.75) is 16.3 Å². The molecule has 1 saturated heterocycles. The second-order valence-corrected chi connectivity index (χ2v) is 9.59. The fourth-order valence-electron chi connectivity index (χ4n) is 4.64. The van der Waals surface area contributed by atoms with Gasteiger partial charge in [0.1, 0.15) is 0 Å². The number of anilines is 2. The molecule has 6 rings (SSSR count). The van der Waals surface area contributed by atoms with Crippen LogP contribution in [0.25, 0.3) is 0 Å². The van der Waals surface area contributed by atoms with Crippen molar-refractivity contribution < 1.29 is 14.3 Å². The van der Waals surface area contributed by atoms with E-state index in [0.717, 1.165) is 65.4 Å². The Bertz CT molecular complexity index is 1150. The predicted molar refractivity (Wildman–Crippen MR) is 136 cm³/mol. The Morgan fingerprint density at radius 1 is 0.794 bits per heavy atom. The van der Waals surface area contributed by atoms with E-state index in [9.17, 15) is 4.79 Å². The van der Waals surface area contributed by atoms with Gasteiger partial charge < -0.3 is 9.47 Å². The Hall–Kier alpha value is -2.71. The van der Waals surface area contributed by atoms with Crippen LogP contribution in [0.4, 0.5) is 11.4 Å². The maximum atomic E-state index is 13.5. The highest BCUT2D eigenvalue weighted by molar-refractivity contribution is 7.99. The fourth-order valence-corrected chi connectivity index (χ4v) is 5.70. The van der Waals surface area contributed by atoms with Gasteiger partial charge in [0.15, 0.2) is 11.5 Å². The van der Waals surface area contributed by atoms with Crippen LogP contribution in [0.15, 0.2) is 76.5 Å². The molecule has 6 nitrogen and oxygen atoms in total. The normalized spacial score (nSPS) is 17.0. The summed E-state index contributed by atoms with van der Waals surface area (Å²) in [6.45, 7) is 5.23. The number of carbonyl (C=O) groups is 1. The highest BCUT2D eigenvalue weighted by Crippen LogP contribution is 2.47. The van der Waals surface area contributed by atoms with Crippen molar-refractivity contribution in [2.24, 2.45) is 0 Å². The lowest BCUT2D eigenvalue weighted by Crippen LogP contribution is -2.49. The van der Waals surface area contributed by atoms with E-state index in [1.807, 2.05) is 47.4 Å². The molecule has 0 atom stereocenters. The molecule has 8 heteroatoms. The van der Waals surface area contributed by atoms with Gasteiger partial charge in [0.25, 0.3) is 0 Å². The molecular weight excluding hydrogens is 470 g/mol. The third kappa shape index (κ3) is 4.49. The van der Waals surface area contributed by atoms with Gasteiger partial charge in [0.05, 0.1) is 17.9 Å². The largest absolute Gasteiger partial charge is 0.454 e. The van der Waals surface area contributed by atoms with Crippen LogP contribution in [0.2, 0.25) is 0 Å². The molecule has 3 heterocycles. The quantitative estimate of drug-likeness (QED) is 0.519. The van der Waals surface area contributed by atoms with Crippen molar-refractivity contribution in [3.05, 3.63) is 72.3 Å². The van der Waals surface area contributed by atoms with E-state index in [1.54, 1.807) is 11.8 Å². The van der Waals surface area contributed by atoms with E-state index < -0.39 is 0 Å². The van der Waals surface area contributed by atoms with Crippen LogP contribution in [0.1, 0.15) is 5.56 Å². The van der Waals surface area contributed by atoms with E-state index in [4.69, 9.17) is 9.47 Å². The molecule has 34 heavy (non-hydrogen) atoms. The standard InChI is InChI=1S/C26H25N3O3S.ClH/c30-26(29-20-5-1-3-7-24(20)33-25-8-4-2-6-21(25)29)17-28-13-11-27(12-14-28)16-19-9-10-22-23(15-19)32-18-31-22;/h1-10,15H,11-14,16-18H2;1H. The number of benzene rings is 3. The summed E-state index contributed by atoms with van der Waals surface area (Å²) in [6, 6.07) is 22.5. The first kappa shape index (κ1) is 23.1. The van der Waals surface area contributed by atoms with Crippen molar-refractivity contribution in [2.75, 3.05) is 44.4 Å². The van der Waals surface area contributed by atoms with Crippen molar-refractivity contribution in [3.8, 4) is 11.5 Å². The summed E-state index contributed by atoms with van der Waals surface area (Å²) in [5, 5.41) is 0. The van der Waals surface area contributed by atoms with Crippen LogP contribution in [-0.2, 0) is 11.3 Å². The first-order valence-corrected chi connectivity index (χ1v) is 12.1. The van der Waals surface area contributed by atoms with E-state index in [2.05, 4.69) is 34.1 Å². The maximum absolute atomic E-state index is 13.5. The Morgan fingerprint density at radius 2 is 1.41 bits per heavy atom. The maximum Gasteiger partial charge on any atom is 0.245 e. The Morgan fingerprint density at radius 3 is 2.12 bits per heavy atom. The van der Waals surface area contributed by atoms with Crippen molar-refractivity contribution in [1.29, 1.82) is 0 Å². The summed E-state index contributed by atoms with van der Waals surface area (Å²) in [5.74, 6) is 1.78. The molecule has 0 N–H and O–H groups in total. The molecule has 3 aromatic rings. The van der Waals surface area contributed by atoms with E-state index in [-0.39, 0.29) is 18.3 Å². The summed E-state index contributed by atoms with van der Waals surface area (Å²) < 4.78 is 10.9. The molecule has 0 spiro atoms. The number of amides is 1. The van der Waals surface area contributed by atoms with Crippen LogP contribution >= 0.6 is 24.2 Å². The number of fused-ring (bicyclic) bond motifs is 3. The minimum absolute atomic E-state index is 0. The molecule has 0 radical (unpaired) electrons. The summed E-state index contributed by atoms with van der Waals surface area (Å²) in [7, 11) is 0. The van der Waals surface area contributed by atoms with E-state index >= 15 is 0 Å². The lowest BCUT2D eigenvalue weighted by molar-refractivity contribution is -0.119. The topological polar surface area (TPSA) is 45.3 Å². The molecule has 1 fully saturated rings. The van der Waals surface area contributed by atoms with Crippen LogP contribution in [-0.4, -0.2) is 55.2 Å². The summed E-state index contributed by atoms with van der Waals surface area (Å²) >= 11 is 1.73. The molecule has 0 saturated carbocycles. The van der Waals surface area contributed by atoms with E-state index in [0.29, 0.717) is 13.3 Å². The molecule has 0 bridgehead atoms. The number of carbonyl (C=O) groups excluding carboxylic acids is 1. The number of nitrogens with zero attached hydrogens (tertiary/aromatic N) is 3. The van der Waals surface area contributed by atoms with Gasteiger partial charge >= 0.3 is 0 Å². The van der Waals surface area contributed by atoms with Gasteiger partial charge in [-0.3, -0.25) is 19.5 Å². The molecule has 0 aliphatic carbocycles. The van der Waals surface area contributed by atoms with Crippen molar-refractivity contribution in [3.63, 3.8) is 0 Å². The van der Waals surface area contributed by atoms with Crippen molar-refractivity contribution >= 4 is 41.5 Å². The average Bonchev–Trinajstić information content (AvgIpc) is 3.31. The van der Waals surface area contributed by atoms with Gasteiger partial charge in [0, 0.05) is 42.5 Å². The SMILES string of the molecule is Cl.O=C(CN1CCN(Cc2ccc3c(c2)OCO3)CC1)N1c2ccccc2Sc2ccccc21. The summed E-state index contributed by atoms with van der Waals surface area (Å²) in [4.78, 5) is 22.4. The monoisotopic (exact) mass is 495 g/mol. The number of hydrogen-bond acceptors (Lipinski definition) is 6. The third-order valence-corrected chi connectivity index (χ3v) is 7.48. The number of piperazine rings is 1. The Kier molecular flexibility index (Phi) is 6.70. The number of halogens is 1. The zero-order valence-corrected chi connectivity index (χ0v) is 20.3. The first-order chi connectivity index (χ1) is 16.2. The van der Waals surface area contributed by atoms with Gasteiger partial charge in [-0.25, -0.2) is 0 Å². The molecular formula is C26H26ClN3O3S. The fraction of sp³-hybridized carbons (Fsp3) is 0.269. The summed E-state index contributed by atoms with van der Waals surface area (Å²) in [6.07, 6.45) is 0. The lowest BCUT2D eigenvalue weighted by atomic mass is 10.1. The highest BCUT2D eigenvalue weighted by Gasteiger charge is 2.29. The van der Waals surface area contributed by atoms with Gasteiger partial charge in [-0.1, -0.05) is 42.1 Å². The number of hydrogen-bond donors (Lipinski definition) is 0. The smallest absolute Gasteiger partial charge is 0.245 e. The van der Waals surface area contributed by atoms with Gasteiger partial charge in [-0.2, -0.15) is 0 Å². The van der Waals surface area contributed by atoms with Crippen LogP contribution < -0.4 is 14.4 Å². The minimum atomic E-state index is 0. The first-order valence-electron chi connectivity index (χ1n) is 11.3. The minimum Gasteiger partial charge on any atom is -0.454 e. The zero-order chi connectivity index (χ0) is 22.2. The number of para-hydroxylation sites is 2. The van der Waals surface area contributed by atoms with Crippen LogP contribution in [0.5, 0.6) is 11.5 Å².